The first kappa shape index (κ1) is 13.4. The molecule has 3 heterocycles. The van der Waals surface area contributed by atoms with Crippen LogP contribution in [0.4, 0.5) is 0 Å². The zero-order valence-electron chi connectivity index (χ0n) is 11.5. The largest absolute Gasteiger partial charge is 0.454 e. The molecule has 2 amide bonds. The summed E-state index contributed by atoms with van der Waals surface area (Å²) in [4.78, 5) is 27.6. The van der Waals surface area contributed by atoms with E-state index >= 15 is 0 Å². The first-order valence-electron chi connectivity index (χ1n) is 6.88. The van der Waals surface area contributed by atoms with E-state index in [-0.39, 0.29) is 11.7 Å². The van der Waals surface area contributed by atoms with Gasteiger partial charge < -0.3 is 8.98 Å². The molecular formula is C14H16N4O3. The average molecular weight is 288 g/mol. The van der Waals surface area contributed by atoms with Gasteiger partial charge in [-0.1, -0.05) is 0 Å². The standard InChI is InChI=1S/C14H16N4O3/c19-13-3-1-2-7-18(13)16-14(20)12-5-4-11(21-12)9-17-8-6-15-10-17/h4-6,8,10H,1-3,7,9H2,(H,16,20). The van der Waals surface area contributed by atoms with Crippen LogP contribution in [0, 0.1) is 0 Å². The number of hydrazine groups is 1. The number of furan rings is 1. The lowest BCUT2D eigenvalue weighted by Gasteiger charge is -2.26. The lowest BCUT2D eigenvalue weighted by molar-refractivity contribution is -0.135. The molecule has 2 aromatic rings. The van der Waals surface area contributed by atoms with E-state index in [2.05, 4.69) is 10.4 Å². The highest BCUT2D eigenvalue weighted by Gasteiger charge is 2.21. The summed E-state index contributed by atoms with van der Waals surface area (Å²) in [5, 5.41) is 1.36. The zero-order chi connectivity index (χ0) is 14.7. The quantitative estimate of drug-likeness (QED) is 0.916. The molecule has 1 N–H and O–H groups in total. The number of nitrogens with one attached hydrogen (secondary N) is 1. The highest BCUT2D eigenvalue weighted by molar-refractivity contribution is 5.93. The first-order chi connectivity index (χ1) is 10.2. The highest BCUT2D eigenvalue weighted by atomic mass is 16.4. The molecule has 0 radical (unpaired) electrons. The van der Waals surface area contributed by atoms with Gasteiger partial charge in [-0.3, -0.25) is 20.0 Å². The van der Waals surface area contributed by atoms with Crippen molar-refractivity contribution in [1.29, 1.82) is 0 Å². The van der Waals surface area contributed by atoms with Gasteiger partial charge in [-0.2, -0.15) is 0 Å². The van der Waals surface area contributed by atoms with Gasteiger partial charge in [0.2, 0.25) is 5.91 Å². The molecule has 0 aliphatic carbocycles. The highest BCUT2D eigenvalue weighted by Crippen LogP contribution is 2.12. The number of rotatable bonds is 4. The summed E-state index contributed by atoms with van der Waals surface area (Å²) in [5.41, 5.74) is 2.59. The third kappa shape index (κ3) is 3.13. The number of carbonyl (C=O) groups excluding carboxylic acids is 2. The second-order valence-electron chi connectivity index (χ2n) is 4.94. The van der Waals surface area contributed by atoms with E-state index in [1.807, 2.05) is 10.8 Å². The fourth-order valence-electron chi connectivity index (χ4n) is 2.25. The number of nitrogens with zero attached hydrogens (tertiary/aromatic N) is 3. The number of aromatic nitrogens is 2. The van der Waals surface area contributed by atoms with Gasteiger partial charge in [0.15, 0.2) is 5.76 Å². The molecule has 0 unspecified atom stereocenters. The van der Waals surface area contributed by atoms with Crippen molar-refractivity contribution in [3.05, 3.63) is 42.4 Å². The minimum Gasteiger partial charge on any atom is -0.454 e. The molecule has 3 rings (SSSR count). The fourth-order valence-corrected chi connectivity index (χ4v) is 2.25. The zero-order valence-corrected chi connectivity index (χ0v) is 11.5. The average Bonchev–Trinajstić information content (AvgIpc) is 3.13. The Hall–Kier alpha value is -2.57. The van der Waals surface area contributed by atoms with Crippen LogP contribution in [0.1, 0.15) is 35.6 Å². The molecule has 1 aliphatic heterocycles. The van der Waals surface area contributed by atoms with E-state index < -0.39 is 5.91 Å². The van der Waals surface area contributed by atoms with E-state index in [4.69, 9.17) is 4.42 Å². The minimum absolute atomic E-state index is 0.0557. The predicted molar refractivity (Wildman–Crippen MR) is 73.1 cm³/mol. The summed E-state index contributed by atoms with van der Waals surface area (Å²) < 4.78 is 7.34. The fraction of sp³-hybridized carbons (Fsp3) is 0.357. The third-order valence-corrected chi connectivity index (χ3v) is 3.34. The second-order valence-corrected chi connectivity index (χ2v) is 4.94. The van der Waals surface area contributed by atoms with Crippen LogP contribution >= 0.6 is 0 Å². The molecular weight excluding hydrogens is 272 g/mol. The predicted octanol–water partition coefficient (Wildman–Crippen LogP) is 1.18. The molecule has 1 aliphatic rings. The van der Waals surface area contributed by atoms with Gasteiger partial charge in [0.05, 0.1) is 12.9 Å². The topological polar surface area (TPSA) is 80.4 Å². The van der Waals surface area contributed by atoms with Gasteiger partial charge in [-0.15, -0.1) is 0 Å². The Kier molecular flexibility index (Phi) is 3.72. The molecule has 0 atom stereocenters. The van der Waals surface area contributed by atoms with Crippen molar-refractivity contribution in [2.24, 2.45) is 0 Å². The Morgan fingerprint density at radius 2 is 2.29 bits per heavy atom. The molecule has 1 fully saturated rings. The molecule has 2 aromatic heterocycles. The van der Waals surface area contributed by atoms with E-state index in [9.17, 15) is 9.59 Å². The van der Waals surface area contributed by atoms with Crippen molar-refractivity contribution < 1.29 is 14.0 Å². The molecule has 110 valence electrons. The van der Waals surface area contributed by atoms with Crippen LogP contribution in [-0.4, -0.2) is 32.9 Å². The van der Waals surface area contributed by atoms with Crippen LogP contribution in [-0.2, 0) is 11.3 Å². The monoisotopic (exact) mass is 288 g/mol. The SMILES string of the molecule is O=C(NN1CCCCC1=O)c1ccc(Cn2ccnc2)o1. The van der Waals surface area contributed by atoms with E-state index in [0.29, 0.717) is 25.3 Å². The molecule has 0 bridgehead atoms. The van der Waals surface area contributed by atoms with Crippen molar-refractivity contribution in [2.45, 2.75) is 25.8 Å². The van der Waals surface area contributed by atoms with Gasteiger partial charge in [0.25, 0.3) is 0 Å². The van der Waals surface area contributed by atoms with Gasteiger partial charge in [-0.05, 0) is 25.0 Å². The van der Waals surface area contributed by atoms with Crippen LogP contribution < -0.4 is 5.43 Å². The lowest BCUT2D eigenvalue weighted by atomic mass is 10.1. The maximum Gasteiger partial charge on any atom is 0.305 e. The minimum atomic E-state index is -0.401. The summed E-state index contributed by atoms with van der Waals surface area (Å²) in [6.07, 6.45) is 7.42. The Bertz CT molecular complexity index is 632. The maximum atomic E-state index is 12.1. The van der Waals surface area contributed by atoms with E-state index in [1.165, 1.54) is 5.01 Å². The Morgan fingerprint density at radius 1 is 1.38 bits per heavy atom. The van der Waals surface area contributed by atoms with Crippen LogP contribution in [0.3, 0.4) is 0 Å². The number of hydrogen-bond donors (Lipinski definition) is 1. The molecule has 0 saturated carbocycles. The molecule has 0 spiro atoms. The third-order valence-electron chi connectivity index (χ3n) is 3.34. The number of amides is 2. The number of piperidine rings is 1. The van der Waals surface area contributed by atoms with Crippen molar-refractivity contribution in [3.8, 4) is 0 Å². The van der Waals surface area contributed by atoms with Crippen molar-refractivity contribution in [3.63, 3.8) is 0 Å². The number of hydrogen-bond acceptors (Lipinski definition) is 4. The van der Waals surface area contributed by atoms with Crippen LogP contribution in [0.25, 0.3) is 0 Å². The van der Waals surface area contributed by atoms with E-state index in [1.54, 1.807) is 24.7 Å². The number of carbonyl (C=O) groups is 2. The van der Waals surface area contributed by atoms with Gasteiger partial charge in [-0.25, -0.2) is 4.98 Å². The normalized spacial score (nSPS) is 15.2. The Balaban J connectivity index is 1.62. The summed E-state index contributed by atoms with van der Waals surface area (Å²) in [7, 11) is 0. The molecule has 0 aromatic carbocycles. The van der Waals surface area contributed by atoms with Crippen molar-refractivity contribution >= 4 is 11.8 Å². The van der Waals surface area contributed by atoms with Crippen LogP contribution in [0.5, 0.6) is 0 Å². The van der Waals surface area contributed by atoms with E-state index in [0.717, 1.165) is 12.8 Å². The molecule has 7 heteroatoms. The lowest BCUT2D eigenvalue weighted by Crippen LogP contribution is -2.48. The van der Waals surface area contributed by atoms with Crippen molar-refractivity contribution in [2.75, 3.05) is 6.54 Å². The summed E-state index contributed by atoms with van der Waals surface area (Å²) in [6, 6.07) is 3.35. The Labute approximate surface area is 121 Å². The number of imidazole rings is 1. The first-order valence-corrected chi connectivity index (χ1v) is 6.88. The smallest absolute Gasteiger partial charge is 0.305 e. The molecule has 7 nitrogen and oxygen atoms in total. The summed E-state index contributed by atoms with van der Waals surface area (Å²) in [5.74, 6) is 0.397. The summed E-state index contributed by atoms with van der Waals surface area (Å²) >= 11 is 0. The Morgan fingerprint density at radius 3 is 3.05 bits per heavy atom. The van der Waals surface area contributed by atoms with Gasteiger partial charge in [0, 0.05) is 25.4 Å². The van der Waals surface area contributed by atoms with Gasteiger partial charge >= 0.3 is 5.91 Å². The molecule has 1 saturated heterocycles. The second kappa shape index (κ2) is 5.82. The van der Waals surface area contributed by atoms with Crippen molar-refractivity contribution in [1.82, 2.24) is 20.0 Å². The van der Waals surface area contributed by atoms with Gasteiger partial charge in [0.1, 0.15) is 5.76 Å². The summed E-state index contributed by atoms with van der Waals surface area (Å²) in [6.45, 7) is 1.06. The molecule has 21 heavy (non-hydrogen) atoms. The maximum absolute atomic E-state index is 12.1. The van der Waals surface area contributed by atoms with Crippen LogP contribution in [0.2, 0.25) is 0 Å². The van der Waals surface area contributed by atoms with Crippen LogP contribution in [0.15, 0.2) is 35.3 Å².